The SMILES string of the molecule is CC(C)(C)n1ccnc(N2CCC3CCC(C2)N3)c1=O. The van der Waals surface area contributed by atoms with Gasteiger partial charge >= 0.3 is 0 Å². The Morgan fingerprint density at radius 2 is 2.00 bits per heavy atom. The molecule has 5 nitrogen and oxygen atoms in total. The second-order valence-electron chi connectivity index (χ2n) is 6.97. The van der Waals surface area contributed by atoms with Gasteiger partial charge in [-0.3, -0.25) is 4.79 Å². The molecule has 0 aliphatic carbocycles. The van der Waals surface area contributed by atoms with Gasteiger partial charge in [0.15, 0.2) is 5.82 Å². The standard InChI is InChI=1S/C15H24N4O/c1-15(2,3)19-9-7-16-13(14(19)20)18-8-6-11-4-5-12(10-18)17-11/h7,9,11-12,17H,4-6,8,10H2,1-3H3. The fourth-order valence-electron chi connectivity index (χ4n) is 3.28. The lowest BCUT2D eigenvalue weighted by atomic mass is 10.1. The molecule has 2 aliphatic rings. The molecule has 0 saturated carbocycles. The maximum Gasteiger partial charge on any atom is 0.293 e. The van der Waals surface area contributed by atoms with E-state index >= 15 is 0 Å². The summed E-state index contributed by atoms with van der Waals surface area (Å²) in [6, 6.07) is 1.13. The Bertz CT molecular complexity index is 546. The molecule has 1 N–H and O–H groups in total. The van der Waals surface area contributed by atoms with Crippen LogP contribution in [0.2, 0.25) is 0 Å². The maximum absolute atomic E-state index is 12.7. The first-order valence-corrected chi connectivity index (χ1v) is 7.54. The summed E-state index contributed by atoms with van der Waals surface area (Å²) in [5, 5.41) is 3.64. The molecule has 1 aromatic rings. The molecule has 2 unspecified atom stereocenters. The van der Waals surface area contributed by atoms with Crippen molar-refractivity contribution in [2.45, 2.75) is 57.7 Å². The van der Waals surface area contributed by atoms with Crippen LogP contribution in [0.15, 0.2) is 17.2 Å². The number of hydrogen-bond donors (Lipinski definition) is 1. The average Bonchev–Trinajstić information content (AvgIpc) is 2.69. The number of nitrogens with one attached hydrogen (secondary N) is 1. The molecule has 20 heavy (non-hydrogen) atoms. The fourth-order valence-corrected chi connectivity index (χ4v) is 3.28. The molecular formula is C15H24N4O. The number of fused-ring (bicyclic) bond motifs is 2. The van der Waals surface area contributed by atoms with E-state index in [2.05, 4.69) is 15.2 Å². The quantitative estimate of drug-likeness (QED) is 0.841. The van der Waals surface area contributed by atoms with Crippen LogP contribution in [-0.4, -0.2) is 34.7 Å². The van der Waals surface area contributed by atoms with E-state index in [1.807, 2.05) is 20.8 Å². The molecule has 2 saturated heterocycles. The predicted octanol–water partition coefficient (Wildman–Crippen LogP) is 1.33. The summed E-state index contributed by atoms with van der Waals surface area (Å²) in [7, 11) is 0. The van der Waals surface area contributed by atoms with E-state index in [0.717, 1.165) is 19.5 Å². The van der Waals surface area contributed by atoms with Gasteiger partial charge in [-0.1, -0.05) is 0 Å². The summed E-state index contributed by atoms with van der Waals surface area (Å²) in [6.45, 7) is 7.95. The predicted molar refractivity (Wildman–Crippen MR) is 80.3 cm³/mol. The number of hydrogen-bond acceptors (Lipinski definition) is 4. The van der Waals surface area contributed by atoms with Crippen molar-refractivity contribution < 1.29 is 0 Å². The van der Waals surface area contributed by atoms with E-state index in [1.54, 1.807) is 17.0 Å². The average molecular weight is 276 g/mol. The zero-order valence-corrected chi connectivity index (χ0v) is 12.6. The second kappa shape index (κ2) is 4.88. The third-order valence-electron chi connectivity index (χ3n) is 4.37. The number of anilines is 1. The first-order valence-electron chi connectivity index (χ1n) is 7.54. The lowest BCUT2D eigenvalue weighted by Crippen LogP contribution is -2.42. The van der Waals surface area contributed by atoms with E-state index in [0.29, 0.717) is 17.9 Å². The van der Waals surface area contributed by atoms with Crippen molar-refractivity contribution in [3.8, 4) is 0 Å². The van der Waals surface area contributed by atoms with Gasteiger partial charge in [-0.15, -0.1) is 0 Å². The Hall–Kier alpha value is -1.36. The van der Waals surface area contributed by atoms with Crippen molar-refractivity contribution in [3.05, 3.63) is 22.7 Å². The molecule has 1 aromatic heterocycles. The molecule has 5 heteroatoms. The molecule has 2 bridgehead atoms. The van der Waals surface area contributed by atoms with Crippen molar-refractivity contribution >= 4 is 5.82 Å². The van der Waals surface area contributed by atoms with Gasteiger partial charge in [0, 0.05) is 43.1 Å². The summed E-state index contributed by atoms with van der Waals surface area (Å²) in [5.41, 5.74) is -0.185. The van der Waals surface area contributed by atoms with Crippen LogP contribution >= 0.6 is 0 Å². The fraction of sp³-hybridized carbons (Fsp3) is 0.733. The summed E-state index contributed by atoms with van der Waals surface area (Å²) >= 11 is 0. The van der Waals surface area contributed by atoms with E-state index in [-0.39, 0.29) is 11.1 Å². The van der Waals surface area contributed by atoms with Gasteiger partial charge in [-0.25, -0.2) is 4.98 Å². The van der Waals surface area contributed by atoms with Gasteiger partial charge in [0.2, 0.25) is 0 Å². The van der Waals surface area contributed by atoms with Gasteiger partial charge in [0.25, 0.3) is 5.56 Å². The van der Waals surface area contributed by atoms with E-state index < -0.39 is 0 Å². The topological polar surface area (TPSA) is 50.2 Å². The van der Waals surface area contributed by atoms with Crippen LogP contribution in [0, 0.1) is 0 Å². The molecule has 2 aliphatic heterocycles. The minimum Gasteiger partial charge on any atom is -0.350 e. The Morgan fingerprint density at radius 3 is 2.75 bits per heavy atom. The molecule has 0 amide bonds. The third-order valence-corrected chi connectivity index (χ3v) is 4.37. The van der Waals surface area contributed by atoms with Crippen LogP contribution in [0.25, 0.3) is 0 Å². The highest BCUT2D eigenvalue weighted by Crippen LogP contribution is 2.22. The van der Waals surface area contributed by atoms with Crippen LogP contribution in [0.1, 0.15) is 40.0 Å². The minimum atomic E-state index is -0.210. The largest absolute Gasteiger partial charge is 0.350 e. The van der Waals surface area contributed by atoms with Crippen molar-refractivity contribution in [1.82, 2.24) is 14.9 Å². The number of aromatic nitrogens is 2. The van der Waals surface area contributed by atoms with Crippen LogP contribution in [-0.2, 0) is 5.54 Å². The molecule has 110 valence electrons. The highest BCUT2D eigenvalue weighted by Gasteiger charge is 2.31. The monoisotopic (exact) mass is 276 g/mol. The molecular weight excluding hydrogens is 252 g/mol. The maximum atomic E-state index is 12.7. The first kappa shape index (κ1) is 13.6. The molecule has 3 rings (SSSR count). The van der Waals surface area contributed by atoms with Crippen LogP contribution in [0.3, 0.4) is 0 Å². The highest BCUT2D eigenvalue weighted by molar-refractivity contribution is 5.37. The number of nitrogens with zero attached hydrogens (tertiary/aromatic N) is 3. The van der Waals surface area contributed by atoms with Crippen molar-refractivity contribution in [3.63, 3.8) is 0 Å². The van der Waals surface area contributed by atoms with E-state index in [9.17, 15) is 4.79 Å². The summed E-state index contributed by atoms with van der Waals surface area (Å²) in [6.07, 6.45) is 7.11. The van der Waals surface area contributed by atoms with Crippen LogP contribution < -0.4 is 15.8 Å². The Labute approximate surface area is 120 Å². The summed E-state index contributed by atoms with van der Waals surface area (Å²) < 4.78 is 1.78. The Balaban J connectivity index is 1.92. The lowest BCUT2D eigenvalue weighted by Gasteiger charge is -2.27. The zero-order valence-electron chi connectivity index (χ0n) is 12.6. The second-order valence-corrected chi connectivity index (χ2v) is 6.97. The smallest absolute Gasteiger partial charge is 0.293 e. The number of rotatable bonds is 1. The van der Waals surface area contributed by atoms with Crippen molar-refractivity contribution in [1.29, 1.82) is 0 Å². The third kappa shape index (κ3) is 2.46. The van der Waals surface area contributed by atoms with E-state index in [1.165, 1.54) is 12.8 Å². The molecule has 0 aromatic carbocycles. The molecule has 3 heterocycles. The molecule has 2 atom stereocenters. The molecule has 2 fully saturated rings. The van der Waals surface area contributed by atoms with Crippen molar-refractivity contribution in [2.75, 3.05) is 18.0 Å². The highest BCUT2D eigenvalue weighted by atomic mass is 16.1. The molecule has 0 spiro atoms. The van der Waals surface area contributed by atoms with Crippen LogP contribution in [0.5, 0.6) is 0 Å². The molecule has 0 radical (unpaired) electrons. The van der Waals surface area contributed by atoms with Gasteiger partial charge in [0.1, 0.15) is 0 Å². The Kier molecular flexibility index (Phi) is 3.32. The van der Waals surface area contributed by atoms with Gasteiger partial charge in [0.05, 0.1) is 0 Å². The first-order chi connectivity index (χ1) is 9.45. The minimum absolute atomic E-state index is 0.0257. The van der Waals surface area contributed by atoms with Gasteiger partial charge in [-0.05, 0) is 40.0 Å². The van der Waals surface area contributed by atoms with Crippen molar-refractivity contribution in [2.24, 2.45) is 0 Å². The Morgan fingerprint density at radius 1 is 1.25 bits per heavy atom. The van der Waals surface area contributed by atoms with Gasteiger partial charge in [-0.2, -0.15) is 0 Å². The zero-order chi connectivity index (χ0) is 14.3. The normalized spacial score (nSPS) is 26.6. The van der Waals surface area contributed by atoms with E-state index in [4.69, 9.17) is 0 Å². The summed E-state index contributed by atoms with van der Waals surface area (Å²) in [4.78, 5) is 19.2. The van der Waals surface area contributed by atoms with Gasteiger partial charge < -0.3 is 14.8 Å². The lowest BCUT2D eigenvalue weighted by molar-refractivity contribution is 0.382. The van der Waals surface area contributed by atoms with Crippen LogP contribution in [0.4, 0.5) is 5.82 Å². The summed E-state index contributed by atoms with van der Waals surface area (Å²) in [5.74, 6) is 0.608.